The van der Waals surface area contributed by atoms with Gasteiger partial charge >= 0.3 is 5.97 Å². The van der Waals surface area contributed by atoms with Crippen molar-refractivity contribution in [1.29, 1.82) is 0 Å². The summed E-state index contributed by atoms with van der Waals surface area (Å²) in [6, 6.07) is 18.4. The van der Waals surface area contributed by atoms with Crippen LogP contribution in [0.4, 0.5) is 15.2 Å². The highest BCUT2D eigenvalue weighted by atomic mass is 35.5. The number of rotatable bonds is 8. The average molecular weight is 544 g/mol. The Balaban J connectivity index is 1.63. The van der Waals surface area contributed by atoms with Crippen molar-refractivity contribution >= 4 is 57.2 Å². The Kier molecular flexibility index (Phi) is 7.88. The number of anilines is 2. The Morgan fingerprint density at radius 3 is 2.42 bits per heavy atom. The normalized spacial score (nSPS) is 10.8. The first kappa shape index (κ1) is 25.6. The second kappa shape index (κ2) is 11.1. The van der Waals surface area contributed by atoms with E-state index in [2.05, 4.69) is 0 Å². The molecular weight excluding hydrogens is 524 g/mol. The van der Waals surface area contributed by atoms with Gasteiger partial charge in [0.2, 0.25) is 0 Å². The number of nitrogens with zero attached hydrogens (tertiary/aromatic N) is 3. The molecule has 1 heterocycles. The number of halogens is 3. The summed E-state index contributed by atoms with van der Waals surface area (Å²) in [6.45, 7) is -0.110. The maximum absolute atomic E-state index is 14.8. The van der Waals surface area contributed by atoms with E-state index in [1.807, 2.05) is 11.4 Å². The first-order chi connectivity index (χ1) is 17.2. The zero-order valence-corrected chi connectivity index (χ0v) is 21.3. The van der Waals surface area contributed by atoms with Gasteiger partial charge in [-0.05, 0) is 42.0 Å². The van der Waals surface area contributed by atoms with E-state index in [1.54, 1.807) is 59.5 Å². The molecule has 0 fully saturated rings. The minimum atomic E-state index is -1.09. The summed E-state index contributed by atoms with van der Waals surface area (Å²) in [6.07, 6.45) is 0. The van der Waals surface area contributed by atoms with Crippen LogP contribution >= 0.6 is 34.5 Å². The molecule has 0 atom stereocenters. The summed E-state index contributed by atoms with van der Waals surface area (Å²) in [4.78, 5) is 31.0. The van der Waals surface area contributed by atoms with Crippen molar-refractivity contribution in [2.45, 2.75) is 6.54 Å². The lowest BCUT2D eigenvalue weighted by Crippen LogP contribution is -2.31. The number of para-hydroxylation sites is 1. The van der Waals surface area contributed by atoms with Crippen molar-refractivity contribution in [3.05, 3.63) is 99.1 Å². The highest BCUT2D eigenvalue weighted by Crippen LogP contribution is 2.36. The van der Waals surface area contributed by atoms with Crippen LogP contribution in [0.2, 0.25) is 10.0 Å². The molecule has 10 heteroatoms. The lowest BCUT2D eigenvalue weighted by atomic mass is 10.1. The van der Waals surface area contributed by atoms with E-state index in [-0.39, 0.29) is 6.54 Å². The van der Waals surface area contributed by atoms with Crippen LogP contribution in [-0.4, -0.2) is 40.5 Å². The van der Waals surface area contributed by atoms with E-state index in [1.165, 1.54) is 24.5 Å². The van der Waals surface area contributed by atoms with Gasteiger partial charge in [0.25, 0.3) is 5.91 Å². The quantitative estimate of drug-likeness (QED) is 0.266. The predicted octanol–water partition coefficient (Wildman–Crippen LogP) is 6.75. The zero-order chi connectivity index (χ0) is 25.8. The molecule has 0 aliphatic heterocycles. The smallest absolute Gasteiger partial charge is 0.323 e. The maximum atomic E-state index is 14.8. The third kappa shape index (κ3) is 5.84. The lowest BCUT2D eigenvalue weighted by molar-refractivity contribution is -0.137. The van der Waals surface area contributed by atoms with E-state index < -0.39 is 24.2 Å². The molecule has 0 aliphatic carbocycles. The van der Waals surface area contributed by atoms with Gasteiger partial charge in [-0.3, -0.25) is 9.59 Å². The molecule has 1 N–H and O–H groups in total. The van der Waals surface area contributed by atoms with Crippen LogP contribution in [0.25, 0.3) is 11.3 Å². The second-order valence-corrected chi connectivity index (χ2v) is 9.58. The molecule has 3 aromatic carbocycles. The van der Waals surface area contributed by atoms with Crippen LogP contribution in [0.3, 0.4) is 0 Å². The fourth-order valence-corrected chi connectivity index (χ4v) is 4.68. The highest BCUT2D eigenvalue weighted by molar-refractivity contribution is 7.14. The third-order valence-corrected chi connectivity index (χ3v) is 6.94. The van der Waals surface area contributed by atoms with E-state index in [9.17, 15) is 14.0 Å². The minimum absolute atomic E-state index is 0.286. The monoisotopic (exact) mass is 543 g/mol. The molecule has 0 saturated carbocycles. The molecule has 0 radical (unpaired) electrons. The van der Waals surface area contributed by atoms with Gasteiger partial charge in [-0.25, -0.2) is 9.37 Å². The SMILES string of the molecule is CN(CC(=O)O)C(=O)c1ccc(CN(c2nc(-c3ccc(Cl)c(Cl)c3)cs2)c2ccccc2F)cc1. The Morgan fingerprint density at radius 1 is 1.03 bits per heavy atom. The molecule has 0 unspecified atom stereocenters. The number of likely N-dealkylation sites (N-methyl/N-ethyl adjacent to an activating group) is 1. The van der Waals surface area contributed by atoms with Crippen molar-refractivity contribution in [2.75, 3.05) is 18.5 Å². The van der Waals surface area contributed by atoms with Crippen LogP contribution in [0, 0.1) is 5.82 Å². The number of carbonyl (C=O) groups is 2. The molecule has 0 saturated heterocycles. The summed E-state index contributed by atoms with van der Waals surface area (Å²) in [7, 11) is 1.43. The molecular formula is C26H20Cl2FN3O3S. The largest absolute Gasteiger partial charge is 0.480 e. The topological polar surface area (TPSA) is 73.7 Å². The van der Waals surface area contributed by atoms with Gasteiger partial charge in [-0.1, -0.05) is 53.5 Å². The van der Waals surface area contributed by atoms with Crippen molar-refractivity contribution in [1.82, 2.24) is 9.88 Å². The van der Waals surface area contributed by atoms with Gasteiger partial charge in [0.1, 0.15) is 12.4 Å². The van der Waals surface area contributed by atoms with E-state index >= 15 is 0 Å². The van der Waals surface area contributed by atoms with Gasteiger partial charge in [-0.2, -0.15) is 0 Å². The predicted molar refractivity (Wildman–Crippen MR) is 141 cm³/mol. The van der Waals surface area contributed by atoms with Crippen LogP contribution < -0.4 is 4.90 Å². The maximum Gasteiger partial charge on any atom is 0.323 e. The van der Waals surface area contributed by atoms with Crippen LogP contribution in [0.5, 0.6) is 0 Å². The number of thiazole rings is 1. The first-order valence-corrected chi connectivity index (χ1v) is 12.4. The van der Waals surface area contributed by atoms with E-state index in [0.29, 0.717) is 32.1 Å². The molecule has 1 aromatic heterocycles. The number of carbonyl (C=O) groups excluding carboxylic acids is 1. The van der Waals surface area contributed by atoms with Gasteiger partial charge in [0.15, 0.2) is 5.13 Å². The van der Waals surface area contributed by atoms with Crippen LogP contribution in [0.1, 0.15) is 15.9 Å². The highest BCUT2D eigenvalue weighted by Gasteiger charge is 2.19. The van der Waals surface area contributed by atoms with Crippen molar-refractivity contribution in [3.8, 4) is 11.3 Å². The number of benzene rings is 3. The lowest BCUT2D eigenvalue weighted by Gasteiger charge is -2.23. The Labute approximate surface area is 221 Å². The number of carboxylic acid groups (broad SMARTS) is 1. The zero-order valence-electron chi connectivity index (χ0n) is 19.0. The van der Waals surface area contributed by atoms with Crippen LogP contribution in [0.15, 0.2) is 72.1 Å². The number of amides is 1. The van der Waals surface area contributed by atoms with Gasteiger partial charge in [0, 0.05) is 23.6 Å². The number of carboxylic acids is 1. The van der Waals surface area contributed by atoms with Gasteiger partial charge in [0.05, 0.1) is 28.0 Å². The van der Waals surface area contributed by atoms with Gasteiger partial charge in [-0.15, -0.1) is 11.3 Å². The first-order valence-electron chi connectivity index (χ1n) is 10.7. The summed E-state index contributed by atoms with van der Waals surface area (Å²) in [5.41, 5.74) is 2.98. The fraction of sp³-hybridized carbons (Fsp3) is 0.115. The molecule has 184 valence electrons. The van der Waals surface area contributed by atoms with E-state index in [4.69, 9.17) is 33.3 Å². The summed E-state index contributed by atoms with van der Waals surface area (Å²) < 4.78 is 14.8. The molecule has 36 heavy (non-hydrogen) atoms. The second-order valence-electron chi connectivity index (χ2n) is 7.93. The third-order valence-electron chi connectivity index (χ3n) is 5.34. The minimum Gasteiger partial charge on any atom is -0.480 e. The molecule has 1 amide bonds. The molecule has 6 nitrogen and oxygen atoms in total. The van der Waals surface area contributed by atoms with E-state index in [0.717, 1.165) is 16.0 Å². The van der Waals surface area contributed by atoms with Gasteiger partial charge < -0.3 is 14.9 Å². The molecule has 4 rings (SSSR count). The Bertz CT molecular complexity index is 1410. The number of aliphatic carboxylic acids is 1. The van der Waals surface area contributed by atoms with Crippen molar-refractivity contribution < 1.29 is 19.1 Å². The van der Waals surface area contributed by atoms with Crippen molar-refractivity contribution in [3.63, 3.8) is 0 Å². The number of aromatic nitrogens is 1. The standard InChI is InChI=1S/C26H20Cl2FN3O3S/c1-31(14-24(33)34)25(35)17-8-6-16(7-9-17)13-32(23-5-3-2-4-21(23)29)26-30-22(15-36-26)18-10-11-19(27)20(28)12-18/h2-12,15H,13-14H2,1H3,(H,33,34). The van der Waals surface area contributed by atoms with Crippen molar-refractivity contribution in [2.24, 2.45) is 0 Å². The average Bonchev–Trinajstić information content (AvgIpc) is 3.34. The molecule has 0 bridgehead atoms. The summed E-state index contributed by atoms with van der Waals surface area (Å²) in [5.74, 6) is -1.89. The molecule has 0 spiro atoms. The summed E-state index contributed by atoms with van der Waals surface area (Å²) in [5, 5.41) is 12.2. The molecule has 4 aromatic rings. The Hall–Kier alpha value is -3.46. The van der Waals surface area contributed by atoms with Crippen LogP contribution in [-0.2, 0) is 11.3 Å². The summed E-state index contributed by atoms with van der Waals surface area (Å²) >= 11 is 13.6. The molecule has 0 aliphatic rings. The number of hydrogen-bond acceptors (Lipinski definition) is 5. The number of hydrogen-bond donors (Lipinski definition) is 1. The fourth-order valence-electron chi connectivity index (χ4n) is 3.53. The Morgan fingerprint density at radius 2 is 1.75 bits per heavy atom.